The minimum absolute atomic E-state index is 0.0204. The first kappa shape index (κ1) is 20.2. The number of aromatic nitrogens is 1. The summed E-state index contributed by atoms with van der Waals surface area (Å²) in [5.41, 5.74) is 2.53. The van der Waals surface area contributed by atoms with E-state index in [0.717, 1.165) is 21.8 Å². The lowest BCUT2D eigenvalue weighted by Gasteiger charge is -2.05. The second kappa shape index (κ2) is 9.61. The van der Waals surface area contributed by atoms with E-state index in [2.05, 4.69) is 10.3 Å². The number of nitrogens with one attached hydrogen (secondary N) is 1. The van der Waals surface area contributed by atoms with Crippen molar-refractivity contribution in [1.29, 1.82) is 0 Å². The van der Waals surface area contributed by atoms with Gasteiger partial charge in [-0.15, -0.1) is 11.3 Å². The Labute approximate surface area is 171 Å². The van der Waals surface area contributed by atoms with Gasteiger partial charge < -0.3 is 10.1 Å². The van der Waals surface area contributed by atoms with Crippen LogP contribution in [0.3, 0.4) is 0 Å². The Kier molecular flexibility index (Phi) is 6.70. The van der Waals surface area contributed by atoms with Crippen molar-refractivity contribution in [3.05, 3.63) is 91.9 Å². The number of non-ortho nitro benzene ring substituents is 1. The number of thiazole rings is 1. The number of hydrogen-bond acceptors (Lipinski definition) is 6. The van der Waals surface area contributed by atoms with Crippen LogP contribution in [0.4, 0.5) is 5.69 Å². The molecule has 8 heteroatoms. The van der Waals surface area contributed by atoms with Crippen LogP contribution in [0.15, 0.2) is 60.0 Å². The van der Waals surface area contributed by atoms with Crippen LogP contribution < -0.4 is 10.1 Å². The van der Waals surface area contributed by atoms with Gasteiger partial charge in [0.25, 0.3) is 5.69 Å². The van der Waals surface area contributed by atoms with Crippen molar-refractivity contribution in [3.8, 4) is 5.75 Å². The fourth-order valence-electron chi connectivity index (χ4n) is 2.50. The molecule has 1 N–H and O–H groups in total. The SMILES string of the molecule is Cc1nc(COc2cccc(/C=C/C(=O)NCc3ccc([N+](=O)[O-])cc3)c2)cs1. The molecule has 0 bridgehead atoms. The van der Waals surface area contributed by atoms with Crippen molar-refractivity contribution in [1.82, 2.24) is 10.3 Å². The third-order valence-corrected chi connectivity index (χ3v) is 4.77. The molecule has 2 aromatic carbocycles. The van der Waals surface area contributed by atoms with Crippen LogP contribution in [0, 0.1) is 17.0 Å². The first-order valence-corrected chi connectivity index (χ1v) is 9.71. The van der Waals surface area contributed by atoms with E-state index < -0.39 is 4.92 Å². The first-order valence-electron chi connectivity index (χ1n) is 8.83. The van der Waals surface area contributed by atoms with Crippen molar-refractivity contribution in [3.63, 3.8) is 0 Å². The quantitative estimate of drug-likeness (QED) is 0.341. The first-order chi connectivity index (χ1) is 14.0. The summed E-state index contributed by atoms with van der Waals surface area (Å²) in [6.45, 7) is 2.64. The maximum Gasteiger partial charge on any atom is 0.269 e. The highest BCUT2D eigenvalue weighted by Gasteiger charge is 2.04. The van der Waals surface area contributed by atoms with Gasteiger partial charge in [0.05, 0.1) is 15.6 Å². The van der Waals surface area contributed by atoms with E-state index in [1.165, 1.54) is 18.2 Å². The molecule has 0 spiro atoms. The largest absolute Gasteiger partial charge is 0.487 e. The van der Waals surface area contributed by atoms with Gasteiger partial charge in [0.15, 0.2) is 0 Å². The van der Waals surface area contributed by atoms with Crippen LogP contribution in [0.1, 0.15) is 21.8 Å². The summed E-state index contributed by atoms with van der Waals surface area (Å²) in [6, 6.07) is 13.5. The van der Waals surface area contributed by atoms with Crippen molar-refractivity contribution in [2.24, 2.45) is 0 Å². The maximum absolute atomic E-state index is 12.0. The van der Waals surface area contributed by atoms with Gasteiger partial charge >= 0.3 is 0 Å². The Hall–Kier alpha value is -3.52. The lowest BCUT2D eigenvalue weighted by Crippen LogP contribution is -2.20. The Balaban J connectivity index is 1.50. The van der Waals surface area contributed by atoms with E-state index in [1.807, 2.05) is 36.6 Å². The van der Waals surface area contributed by atoms with Crippen LogP contribution in [-0.4, -0.2) is 15.8 Å². The molecular formula is C21H19N3O4S. The number of nitro groups is 1. The summed E-state index contributed by atoms with van der Waals surface area (Å²) in [6.07, 6.45) is 3.14. The summed E-state index contributed by atoms with van der Waals surface area (Å²) in [4.78, 5) is 26.6. The third kappa shape index (κ3) is 6.25. The van der Waals surface area contributed by atoms with Gasteiger partial charge in [0, 0.05) is 30.1 Å². The minimum atomic E-state index is -0.457. The molecule has 29 heavy (non-hydrogen) atoms. The molecule has 1 heterocycles. The predicted octanol–water partition coefficient (Wildman–Crippen LogP) is 4.27. The molecule has 7 nitrogen and oxygen atoms in total. The van der Waals surface area contributed by atoms with Crippen LogP contribution >= 0.6 is 11.3 Å². The molecule has 0 saturated heterocycles. The van der Waals surface area contributed by atoms with Gasteiger partial charge in [-0.1, -0.05) is 24.3 Å². The van der Waals surface area contributed by atoms with E-state index in [-0.39, 0.29) is 18.1 Å². The maximum atomic E-state index is 12.0. The fourth-order valence-corrected chi connectivity index (χ4v) is 3.09. The zero-order valence-corrected chi connectivity index (χ0v) is 16.5. The Bertz CT molecular complexity index is 1030. The second-order valence-corrected chi connectivity index (χ2v) is 7.26. The molecule has 0 aliphatic heterocycles. The highest BCUT2D eigenvalue weighted by atomic mass is 32.1. The number of aryl methyl sites for hydroxylation is 1. The number of benzene rings is 2. The highest BCUT2D eigenvalue weighted by Crippen LogP contribution is 2.17. The summed E-state index contributed by atoms with van der Waals surface area (Å²) < 4.78 is 5.75. The number of carbonyl (C=O) groups excluding carboxylic acids is 1. The number of nitro benzene ring substituents is 1. The molecule has 0 aliphatic rings. The third-order valence-electron chi connectivity index (χ3n) is 3.95. The minimum Gasteiger partial charge on any atom is -0.487 e. The van der Waals surface area contributed by atoms with Crippen LogP contribution in [0.2, 0.25) is 0 Å². The van der Waals surface area contributed by atoms with Crippen molar-refractivity contribution < 1.29 is 14.5 Å². The Morgan fingerprint density at radius 3 is 2.76 bits per heavy atom. The number of amides is 1. The van der Waals surface area contributed by atoms with E-state index >= 15 is 0 Å². The topological polar surface area (TPSA) is 94.4 Å². The Morgan fingerprint density at radius 1 is 1.28 bits per heavy atom. The van der Waals surface area contributed by atoms with Gasteiger partial charge in [-0.25, -0.2) is 4.98 Å². The molecule has 3 aromatic rings. The van der Waals surface area contributed by atoms with Gasteiger partial charge in [-0.05, 0) is 36.3 Å². The van der Waals surface area contributed by atoms with Crippen LogP contribution in [0.5, 0.6) is 5.75 Å². The molecule has 0 saturated carbocycles. The van der Waals surface area contributed by atoms with Gasteiger partial charge in [0.1, 0.15) is 12.4 Å². The van der Waals surface area contributed by atoms with Crippen molar-refractivity contribution >= 4 is 29.0 Å². The van der Waals surface area contributed by atoms with Crippen LogP contribution in [-0.2, 0) is 17.9 Å². The summed E-state index contributed by atoms with van der Waals surface area (Å²) in [5, 5.41) is 16.4. The molecule has 1 aromatic heterocycles. The molecule has 0 fully saturated rings. The zero-order chi connectivity index (χ0) is 20.6. The molecule has 1 amide bonds. The second-order valence-electron chi connectivity index (χ2n) is 6.19. The average Bonchev–Trinajstić information content (AvgIpc) is 3.15. The van der Waals surface area contributed by atoms with Crippen LogP contribution in [0.25, 0.3) is 6.08 Å². The zero-order valence-electron chi connectivity index (χ0n) is 15.7. The number of carbonyl (C=O) groups is 1. The van der Waals surface area contributed by atoms with Gasteiger partial charge in [-0.2, -0.15) is 0 Å². The molecule has 0 aliphatic carbocycles. The average molecular weight is 409 g/mol. The molecule has 0 radical (unpaired) electrons. The molecular weight excluding hydrogens is 390 g/mol. The molecule has 0 atom stereocenters. The lowest BCUT2D eigenvalue weighted by atomic mass is 10.2. The number of rotatable bonds is 8. The number of ether oxygens (including phenoxy) is 1. The van der Waals surface area contributed by atoms with Gasteiger partial charge in [0.2, 0.25) is 5.91 Å². The number of hydrogen-bond donors (Lipinski definition) is 1. The summed E-state index contributed by atoms with van der Waals surface area (Å²) in [5.74, 6) is 0.441. The normalized spacial score (nSPS) is 10.8. The van der Waals surface area contributed by atoms with E-state index in [1.54, 1.807) is 29.5 Å². The van der Waals surface area contributed by atoms with E-state index in [0.29, 0.717) is 12.4 Å². The van der Waals surface area contributed by atoms with Crippen molar-refractivity contribution in [2.45, 2.75) is 20.1 Å². The van der Waals surface area contributed by atoms with Crippen molar-refractivity contribution in [2.75, 3.05) is 0 Å². The number of nitrogens with zero attached hydrogens (tertiary/aromatic N) is 2. The monoisotopic (exact) mass is 409 g/mol. The van der Waals surface area contributed by atoms with E-state index in [9.17, 15) is 14.9 Å². The molecule has 0 unspecified atom stereocenters. The Morgan fingerprint density at radius 2 is 2.07 bits per heavy atom. The summed E-state index contributed by atoms with van der Waals surface area (Å²) in [7, 11) is 0. The lowest BCUT2D eigenvalue weighted by molar-refractivity contribution is -0.384. The highest BCUT2D eigenvalue weighted by molar-refractivity contribution is 7.09. The predicted molar refractivity (Wildman–Crippen MR) is 112 cm³/mol. The van der Waals surface area contributed by atoms with Gasteiger partial charge in [-0.3, -0.25) is 14.9 Å². The fraction of sp³-hybridized carbons (Fsp3) is 0.143. The summed E-state index contributed by atoms with van der Waals surface area (Å²) >= 11 is 1.58. The molecule has 3 rings (SSSR count). The standard InChI is InChI=1S/C21H19N3O4S/c1-15-23-18(14-29-15)13-28-20-4-2-3-16(11-20)7-10-21(25)22-12-17-5-8-19(9-6-17)24(26)27/h2-11,14H,12-13H2,1H3,(H,22,25)/b10-7+. The smallest absolute Gasteiger partial charge is 0.269 e. The molecule has 148 valence electrons. The van der Waals surface area contributed by atoms with E-state index in [4.69, 9.17) is 4.74 Å².